The lowest BCUT2D eigenvalue weighted by Crippen LogP contribution is -2.55. The molecule has 0 saturated carbocycles. The van der Waals surface area contributed by atoms with E-state index in [1.54, 1.807) is 40.1 Å². The largest absolute Gasteiger partial charge is 0.369 e. The number of hydrogen-bond acceptors (Lipinski definition) is 12. The van der Waals surface area contributed by atoms with Crippen molar-refractivity contribution in [2.75, 3.05) is 53.7 Å². The zero-order chi connectivity index (χ0) is 47.6. The van der Waals surface area contributed by atoms with E-state index in [0.29, 0.717) is 64.2 Å². The molecule has 2 aromatic carbocycles. The first-order valence-electron chi connectivity index (χ1n) is 21.9. The number of carbonyl (C=O) groups excluding carboxylic acids is 1. The number of benzene rings is 2. The summed E-state index contributed by atoms with van der Waals surface area (Å²) in [4.78, 5) is 45.3. The van der Waals surface area contributed by atoms with Crippen LogP contribution >= 0.6 is 0 Å². The Hall–Kier alpha value is -6.37. The number of aromatic nitrogens is 6. The number of likely N-dealkylation sites (N-methyl/N-ethyl adjacent to an activating group) is 1. The maximum absolute atomic E-state index is 14.7. The molecule has 2 fully saturated rings. The number of rotatable bonds is 11. The van der Waals surface area contributed by atoms with E-state index in [2.05, 4.69) is 71.2 Å². The molecule has 19 heteroatoms. The van der Waals surface area contributed by atoms with E-state index < -0.39 is 47.7 Å². The minimum absolute atomic E-state index is 0.117. The van der Waals surface area contributed by atoms with Crippen LogP contribution in [0.15, 0.2) is 60.9 Å². The molecule has 5 atom stereocenters. The summed E-state index contributed by atoms with van der Waals surface area (Å²) in [6.07, 6.45) is -0.862. The maximum Gasteiger partial charge on any atom is 0.266 e. The van der Waals surface area contributed by atoms with Gasteiger partial charge in [-0.05, 0) is 73.6 Å². The van der Waals surface area contributed by atoms with Crippen molar-refractivity contribution in [3.05, 3.63) is 106 Å². The Morgan fingerprint density at radius 1 is 0.697 bits per heavy atom. The van der Waals surface area contributed by atoms with Gasteiger partial charge in [-0.2, -0.15) is 0 Å². The van der Waals surface area contributed by atoms with Gasteiger partial charge in [-0.3, -0.25) is 9.69 Å². The molecule has 6 heterocycles. The molecule has 0 bridgehead atoms. The highest BCUT2D eigenvalue weighted by Gasteiger charge is 2.29. The first kappa shape index (κ1) is 47.6. The molecule has 0 radical (unpaired) electrons. The number of carbonyl (C=O) groups is 1. The van der Waals surface area contributed by atoms with Crippen LogP contribution in [-0.4, -0.2) is 86.0 Å². The van der Waals surface area contributed by atoms with Crippen LogP contribution in [-0.2, 0) is 4.79 Å². The Bertz CT molecular complexity index is 2700. The van der Waals surface area contributed by atoms with Gasteiger partial charge in [-0.1, -0.05) is 36.4 Å². The van der Waals surface area contributed by atoms with Crippen LogP contribution in [0.3, 0.4) is 0 Å². The minimum atomic E-state index is -2.90. The van der Waals surface area contributed by atoms with Crippen LogP contribution in [0.2, 0.25) is 0 Å². The highest BCUT2D eigenvalue weighted by atomic mass is 19.3. The minimum Gasteiger partial charge on any atom is -0.369 e. The molecule has 350 valence electrons. The Kier molecular flexibility index (Phi) is 14.4. The van der Waals surface area contributed by atoms with Crippen LogP contribution in [0.5, 0.6) is 0 Å². The summed E-state index contributed by atoms with van der Waals surface area (Å²) in [6, 6.07) is 11.3. The highest BCUT2D eigenvalue weighted by molar-refractivity contribution is 5.91. The van der Waals surface area contributed by atoms with Gasteiger partial charge in [-0.15, -0.1) is 0 Å². The van der Waals surface area contributed by atoms with Gasteiger partial charge in [-0.25, -0.2) is 56.2 Å². The lowest BCUT2D eigenvalue weighted by Gasteiger charge is -2.43. The lowest BCUT2D eigenvalue weighted by molar-refractivity contribution is -0.122. The molecule has 4 aromatic heterocycles. The molecule has 0 spiro atoms. The normalized spacial score (nSPS) is 18.9. The number of halogens is 6. The van der Waals surface area contributed by atoms with E-state index in [4.69, 9.17) is 5.73 Å². The van der Waals surface area contributed by atoms with Crippen molar-refractivity contribution in [3.63, 3.8) is 0 Å². The van der Waals surface area contributed by atoms with Gasteiger partial charge >= 0.3 is 0 Å². The molecule has 66 heavy (non-hydrogen) atoms. The molecular weight excluding hydrogens is 863 g/mol. The number of nitrogens with two attached hydrogens (primary N) is 1. The van der Waals surface area contributed by atoms with Gasteiger partial charge in [0.15, 0.2) is 0 Å². The van der Waals surface area contributed by atoms with Crippen LogP contribution in [0.1, 0.15) is 99.4 Å². The van der Waals surface area contributed by atoms with Gasteiger partial charge in [0.05, 0.1) is 52.6 Å². The number of piperidine rings is 1. The summed E-state index contributed by atoms with van der Waals surface area (Å²) in [5.74, 6) is 1.06. The molecule has 6 aromatic rings. The summed E-state index contributed by atoms with van der Waals surface area (Å²) >= 11 is 0. The second-order valence-corrected chi connectivity index (χ2v) is 17.1. The fourth-order valence-corrected chi connectivity index (χ4v) is 8.56. The van der Waals surface area contributed by atoms with E-state index >= 15 is 0 Å². The lowest BCUT2D eigenvalue weighted by atomic mass is 9.97. The van der Waals surface area contributed by atoms with Crippen LogP contribution in [0.4, 0.5) is 49.6 Å². The van der Waals surface area contributed by atoms with E-state index in [0.717, 1.165) is 55.8 Å². The number of anilines is 4. The molecule has 4 N–H and O–H groups in total. The van der Waals surface area contributed by atoms with Crippen LogP contribution in [0.25, 0.3) is 21.8 Å². The smallest absolute Gasteiger partial charge is 0.266 e. The third-order valence-corrected chi connectivity index (χ3v) is 12.4. The zero-order valence-corrected chi connectivity index (χ0v) is 37.8. The molecule has 1 amide bonds. The first-order valence-corrected chi connectivity index (χ1v) is 21.9. The SMILES string of the molecule is Cc1nc(N[C@H](C)c2cccc(C(F)F)c2F)c2cc(N3CC(C)N(C)C(C)C3)ncc2n1.Cc1nc(N[C@H](C)c2cccc(C(F)F)c2F)c2cc(N3CCC[C@H](C(N)=O)C3)ncc2n1. The van der Waals surface area contributed by atoms with Crippen LogP contribution < -0.4 is 26.2 Å². The first-order chi connectivity index (χ1) is 31.4. The van der Waals surface area contributed by atoms with Crippen molar-refractivity contribution < 1.29 is 31.1 Å². The number of nitrogens with one attached hydrogen (secondary N) is 2. The topological polar surface area (TPSA) is 154 Å². The van der Waals surface area contributed by atoms with Gasteiger partial charge in [0.1, 0.15) is 46.6 Å². The molecular formula is C47H54F6N12O. The van der Waals surface area contributed by atoms with Crippen molar-refractivity contribution in [2.24, 2.45) is 11.7 Å². The second kappa shape index (κ2) is 20.0. The average Bonchev–Trinajstić information content (AvgIpc) is 3.27. The summed E-state index contributed by atoms with van der Waals surface area (Å²) in [7, 11) is 2.13. The third kappa shape index (κ3) is 10.3. The Morgan fingerprint density at radius 3 is 1.58 bits per heavy atom. The monoisotopic (exact) mass is 916 g/mol. The van der Waals surface area contributed by atoms with Gasteiger partial charge in [0.2, 0.25) is 5.91 Å². The Morgan fingerprint density at radius 2 is 1.14 bits per heavy atom. The number of hydrogen-bond donors (Lipinski definition) is 3. The number of alkyl halides is 4. The number of primary amides is 1. The van der Waals surface area contributed by atoms with Crippen molar-refractivity contribution in [1.29, 1.82) is 0 Å². The number of aryl methyl sites for hydroxylation is 2. The summed E-state index contributed by atoms with van der Waals surface area (Å²) in [6.45, 7) is 14.2. The summed E-state index contributed by atoms with van der Waals surface area (Å²) in [5, 5.41) is 7.77. The number of piperazine rings is 1. The average molecular weight is 917 g/mol. The van der Waals surface area contributed by atoms with Crippen LogP contribution in [0, 0.1) is 31.4 Å². The predicted molar refractivity (Wildman–Crippen MR) is 244 cm³/mol. The maximum atomic E-state index is 14.7. The number of nitrogens with zero attached hydrogens (tertiary/aromatic N) is 9. The molecule has 13 nitrogen and oxygen atoms in total. The predicted octanol–water partition coefficient (Wildman–Crippen LogP) is 9.40. The summed E-state index contributed by atoms with van der Waals surface area (Å²) < 4.78 is 82.0. The van der Waals surface area contributed by atoms with E-state index in [9.17, 15) is 31.1 Å². The van der Waals surface area contributed by atoms with Gasteiger partial charge < -0.3 is 26.2 Å². The quantitative estimate of drug-likeness (QED) is 0.106. The highest BCUT2D eigenvalue weighted by Crippen LogP contribution is 2.34. The van der Waals surface area contributed by atoms with E-state index in [-0.39, 0.29) is 23.0 Å². The molecule has 0 aliphatic carbocycles. The standard InChI is InChI=1S/C24H29F3N6.C23H25F3N6O/c1-13-11-33(12-14(2)32(13)5)21-9-19-20(10-28-21)30-16(4)31-24(19)29-15(3)17-7-6-8-18(22(17)25)23(26)27;1-12(15-6-3-7-16(20(15)24)21(25)26)29-23-17-9-19(28-10-18(17)30-13(2)31-23)32-8-4-5-14(11-32)22(27)33/h6-10,13-15,23H,11-12H2,1-5H3,(H,29,30,31);3,6-7,9-10,12,14,21H,4-5,8,11H2,1-2H3,(H2,27,33)(H,29,30,31)/t13?,14?,15-;12-,14+/m11/s1. The fraction of sp³-hybridized carbons (Fsp3) is 0.426. The molecule has 2 saturated heterocycles. The molecule has 2 aliphatic rings. The van der Waals surface area contributed by atoms with E-state index in [1.165, 1.54) is 24.3 Å². The Balaban J connectivity index is 0.000000196. The second-order valence-electron chi connectivity index (χ2n) is 17.1. The van der Waals surface area contributed by atoms with Crippen molar-refractivity contribution in [3.8, 4) is 0 Å². The number of pyridine rings is 2. The molecule has 8 rings (SSSR count). The zero-order valence-electron chi connectivity index (χ0n) is 37.8. The van der Waals surface area contributed by atoms with Crippen molar-refractivity contribution in [2.45, 2.75) is 91.4 Å². The van der Waals surface area contributed by atoms with Gasteiger partial charge in [0, 0.05) is 60.2 Å². The third-order valence-electron chi connectivity index (χ3n) is 12.4. The number of fused-ring (bicyclic) bond motifs is 2. The molecule has 2 aliphatic heterocycles. The van der Waals surface area contributed by atoms with Crippen molar-refractivity contribution >= 4 is 51.0 Å². The van der Waals surface area contributed by atoms with Crippen molar-refractivity contribution in [1.82, 2.24) is 34.8 Å². The summed E-state index contributed by atoms with van der Waals surface area (Å²) in [5.41, 5.74) is 5.79. The van der Waals surface area contributed by atoms with E-state index in [1.807, 2.05) is 17.0 Å². The Labute approximate surface area is 379 Å². The fourth-order valence-electron chi connectivity index (χ4n) is 8.56. The molecule has 2 unspecified atom stereocenters. The van der Waals surface area contributed by atoms with Gasteiger partial charge in [0.25, 0.3) is 12.9 Å². The number of amides is 1.